The lowest BCUT2D eigenvalue weighted by molar-refractivity contribution is -0.123. The fourth-order valence-electron chi connectivity index (χ4n) is 6.16. The van der Waals surface area contributed by atoms with E-state index in [0.717, 1.165) is 42.0 Å². The Morgan fingerprint density at radius 1 is 0.953 bits per heavy atom. The number of piperidine rings is 1. The molecule has 2 aliphatic rings. The predicted molar refractivity (Wildman–Crippen MR) is 172 cm³/mol. The Balaban J connectivity index is 1.32. The predicted octanol–water partition coefficient (Wildman–Crippen LogP) is 6.66. The van der Waals surface area contributed by atoms with E-state index < -0.39 is 5.41 Å². The first kappa shape index (κ1) is 31.2. The zero-order valence-corrected chi connectivity index (χ0v) is 26.6. The number of carbonyl (C=O) groups excluding carboxylic acids is 2. The summed E-state index contributed by atoms with van der Waals surface area (Å²) in [6, 6.07) is 16.6. The summed E-state index contributed by atoms with van der Waals surface area (Å²) in [5, 5.41) is 4.20. The van der Waals surface area contributed by atoms with Crippen molar-refractivity contribution in [2.75, 3.05) is 45.3 Å². The standard InChI is InChI=1S/C34H39Cl2N3O4/c1-34(14-13-23-19-24(8-11-29(23)36)32(40)37-15-18-38-16-5-4-6-17-38)28-20-26(35)9-12-30(28)39(33(34)41)22-25-7-10-27(42-2)21-31(25)43-3/h7-12,19-21H,4-6,13-18,22H2,1-3H3,(H,37,40). The van der Waals surface area contributed by atoms with Crippen LogP contribution in [0, 0.1) is 0 Å². The summed E-state index contributed by atoms with van der Waals surface area (Å²) < 4.78 is 11.0. The number of nitrogens with zero attached hydrogens (tertiary/aromatic N) is 2. The van der Waals surface area contributed by atoms with Crippen molar-refractivity contribution in [2.45, 2.75) is 51.0 Å². The van der Waals surface area contributed by atoms with Gasteiger partial charge in [-0.25, -0.2) is 0 Å². The second-order valence-electron chi connectivity index (χ2n) is 11.5. The highest BCUT2D eigenvalue weighted by Crippen LogP contribution is 2.47. The molecule has 0 radical (unpaired) electrons. The second kappa shape index (κ2) is 13.6. The molecule has 228 valence electrons. The van der Waals surface area contributed by atoms with Crippen molar-refractivity contribution in [2.24, 2.45) is 0 Å². The minimum absolute atomic E-state index is 0.0228. The molecule has 0 bridgehead atoms. The lowest BCUT2D eigenvalue weighted by atomic mass is 9.78. The van der Waals surface area contributed by atoms with Crippen LogP contribution in [-0.2, 0) is 23.2 Å². The molecule has 1 saturated heterocycles. The maximum Gasteiger partial charge on any atom is 0.251 e. The molecule has 3 aromatic carbocycles. The van der Waals surface area contributed by atoms with Crippen LogP contribution in [0.1, 0.15) is 59.7 Å². The first-order valence-electron chi connectivity index (χ1n) is 14.9. The van der Waals surface area contributed by atoms with Crippen LogP contribution in [-0.4, -0.2) is 57.1 Å². The van der Waals surface area contributed by atoms with Gasteiger partial charge in [-0.2, -0.15) is 0 Å². The van der Waals surface area contributed by atoms with Gasteiger partial charge in [0.15, 0.2) is 0 Å². The molecule has 7 nitrogen and oxygen atoms in total. The molecule has 2 aliphatic heterocycles. The average Bonchev–Trinajstić information content (AvgIpc) is 3.22. The summed E-state index contributed by atoms with van der Waals surface area (Å²) in [6.07, 6.45) is 4.74. The summed E-state index contributed by atoms with van der Waals surface area (Å²) in [6.45, 7) is 5.95. The molecular formula is C34H39Cl2N3O4. The van der Waals surface area contributed by atoms with E-state index in [1.165, 1.54) is 19.3 Å². The van der Waals surface area contributed by atoms with Crippen molar-refractivity contribution in [3.8, 4) is 11.5 Å². The fraction of sp³-hybridized carbons (Fsp3) is 0.412. The normalized spacial score (nSPS) is 18.4. The van der Waals surface area contributed by atoms with Crippen LogP contribution >= 0.6 is 23.2 Å². The third-order valence-corrected chi connectivity index (χ3v) is 9.35. The molecule has 1 fully saturated rings. The molecule has 2 heterocycles. The van der Waals surface area contributed by atoms with Crippen LogP contribution < -0.4 is 19.7 Å². The largest absolute Gasteiger partial charge is 0.497 e. The van der Waals surface area contributed by atoms with Crippen molar-refractivity contribution in [3.05, 3.63) is 86.9 Å². The lowest BCUT2D eigenvalue weighted by Crippen LogP contribution is -2.38. The summed E-state index contributed by atoms with van der Waals surface area (Å²) in [5.41, 5.74) is 3.12. The van der Waals surface area contributed by atoms with E-state index in [9.17, 15) is 9.59 Å². The lowest BCUT2D eigenvalue weighted by Gasteiger charge is -2.26. The van der Waals surface area contributed by atoms with Crippen LogP contribution in [0.25, 0.3) is 0 Å². The van der Waals surface area contributed by atoms with Gasteiger partial charge in [0.1, 0.15) is 11.5 Å². The number of carbonyl (C=O) groups is 2. The third kappa shape index (κ3) is 6.79. The van der Waals surface area contributed by atoms with Crippen molar-refractivity contribution in [3.63, 3.8) is 0 Å². The maximum atomic E-state index is 14.2. The number of nitrogens with one attached hydrogen (secondary N) is 1. The van der Waals surface area contributed by atoms with E-state index in [1.807, 2.05) is 49.4 Å². The Kier molecular flexibility index (Phi) is 9.85. The van der Waals surface area contributed by atoms with Crippen LogP contribution in [0.5, 0.6) is 11.5 Å². The Morgan fingerprint density at radius 3 is 2.49 bits per heavy atom. The topological polar surface area (TPSA) is 71.1 Å². The number of likely N-dealkylation sites (tertiary alicyclic amines) is 1. The number of anilines is 1. The number of aryl methyl sites for hydroxylation is 1. The van der Waals surface area contributed by atoms with Gasteiger partial charge in [0, 0.05) is 46.0 Å². The highest BCUT2D eigenvalue weighted by Gasteiger charge is 2.47. The summed E-state index contributed by atoms with van der Waals surface area (Å²) >= 11 is 13.1. The van der Waals surface area contributed by atoms with Gasteiger partial charge >= 0.3 is 0 Å². The molecule has 0 aliphatic carbocycles. The first-order valence-corrected chi connectivity index (χ1v) is 15.6. The highest BCUT2D eigenvalue weighted by molar-refractivity contribution is 6.31. The molecule has 1 N–H and O–H groups in total. The third-order valence-electron chi connectivity index (χ3n) is 8.75. The molecule has 5 rings (SSSR count). The van der Waals surface area contributed by atoms with E-state index in [-0.39, 0.29) is 11.8 Å². The smallest absolute Gasteiger partial charge is 0.251 e. The maximum absolute atomic E-state index is 14.2. The van der Waals surface area contributed by atoms with E-state index in [0.29, 0.717) is 53.0 Å². The fourth-order valence-corrected chi connectivity index (χ4v) is 6.55. The minimum atomic E-state index is -0.837. The van der Waals surface area contributed by atoms with Crippen LogP contribution in [0.15, 0.2) is 54.6 Å². The Labute approximate surface area is 264 Å². The van der Waals surface area contributed by atoms with Gasteiger partial charge in [0.05, 0.1) is 26.2 Å². The molecule has 0 aromatic heterocycles. The molecule has 0 spiro atoms. The van der Waals surface area contributed by atoms with Gasteiger partial charge in [-0.15, -0.1) is 0 Å². The minimum Gasteiger partial charge on any atom is -0.497 e. The van der Waals surface area contributed by atoms with E-state index >= 15 is 0 Å². The van der Waals surface area contributed by atoms with Crippen LogP contribution in [0.4, 0.5) is 5.69 Å². The number of hydrogen-bond acceptors (Lipinski definition) is 5. The van der Waals surface area contributed by atoms with Gasteiger partial charge in [-0.05, 0) is 105 Å². The Morgan fingerprint density at radius 2 is 1.74 bits per heavy atom. The number of methoxy groups -OCH3 is 2. The number of benzene rings is 3. The molecule has 0 saturated carbocycles. The summed E-state index contributed by atoms with van der Waals surface area (Å²) in [5.74, 6) is 1.19. The van der Waals surface area contributed by atoms with Crippen LogP contribution in [0.2, 0.25) is 10.0 Å². The monoisotopic (exact) mass is 623 g/mol. The van der Waals surface area contributed by atoms with Gasteiger partial charge < -0.3 is 24.6 Å². The SMILES string of the molecule is COc1ccc(CN2C(=O)C(C)(CCc3cc(C(=O)NCCN4CCCCC4)ccc3Cl)c3cc(Cl)ccc32)c(OC)c1. The molecule has 2 amide bonds. The number of fused-ring (bicyclic) bond motifs is 1. The highest BCUT2D eigenvalue weighted by atomic mass is 35.5. The molecular weight excluding hydrogens is 585 g/mol. The van der Waals surface area contributed by atoms with Crippen molar-refractivity contribution in [1.82, 2.24) is 10.2 Å². The first-order chi connectivity index (χ1) is 20.7. The number of hydrogen-bond donors (Lipinski definition) is 1. The number of ether oxygens (including phenoxy) is 2. The quantitative estimate of drug-likeness (QED) is 0.258. The number of rotatable bonds is 11. The Hall–Kier alpha value is -3.26. The molecule has 9 heteroatoms. The van der Waals surface area contributed by atoms with E-state index in [1.54, 1.807) is 31.3 Å². The molecule has 1 atom stereocenters. The number of halogens is 2. The molecule has 3 aromatic rings. The average molecular weight is 625 g/mol. The number of amides is 2. The van der Waals surface area contributed by atoms with Gasteiger partial charge in [-0.3, -0.25) is 9.59 Å². The second-order valence-corrected chi connectivity index (χ2v) is 12.4. The van der Waals surface area contributed by atoms with E-state index in [4.69, 9.17) is 32.7 Å². The Bertz CT molecular complexity index is 1490. The van der Waals surface area contributed by atoms with Crippen molar-refractivity contribution >= 4 is 40.7 Å². The molecule has 43 heavy (non-hydrogen) atoms. The van der Waals surface area contributed by atoms with Crippen LogP contribution in [0.3, 0.4) is 0 Å². The summed E-state index contributed by atoms with van der Waals surface area (Å²) in [7, 11) is 3.21. The molecule has 1 unspecified atom stereocenters. The van der Waals surface area contributed by atoms with Crippen molar-refractivity contribution in [1.29, 1.82) is 0 Å². The van der Waals surface area contributed by atoms with Gasteiger partial charge in [0.2, 0.25) is 5.91 Å². The zero-order chi connectivity index (χ0) is 30.6. The van der Waals surface area contributed by atoms with E-state index in [2.05, 4.69) is 10.2 Å². The summed E-state index contributed by atoms with van der Waals surface area (Å²) in [4.78, 5) is 31.3. The van der Waals surface area contributed by atoms with Gasteiger partial charge in [0.25, 0.3) is 5.91 Å². The van der Waals surface area contributed by atoms with Gasteiger partial charge in [-0.1, -0.05) is 29.6 Å². The van der Waals surface area contributed by atoms with Crippen molar-refractivity contribution < 1.29 is 19.1 Å². The zero-order valence-electron chi connectivity index (χ0n) is 25.1.